The highest BCUT2D eigenvalue weighted by Gasteiger charge is 2.33. The van der Waals surface area contributed by atoms with E-state index < -0.39 is 11.9 Å². The van der Waals surface area contributed by atoms with Gasteiger partial charge in [-0.15, -0.1) is 10.2 Å². The number of fused-ring (bicyclic) bond motifs is 1. The molecule has 0 aliphatic heterocycles. The van der Waals surface area contributed by atoms with E-state index in [0.29, 0.717) is 22.2 Å². The highest BCUT2D eigenvalue weighted by atomic mass is 32.1. The van der Waals surface area contributed by atoms with Gasteiger partial charge in [-0.1, -0.05) is 18.3 Å². The first-order valence-electron chi connectivity index (χ1n) is 5.33. The summed E-state index contributed by atoms with van der Waals surface area (Å²) < 4.78 is 38.9. The molecule has 0 saturated heterocycles. The summed E-state index contributed by atoms with van der Waals surface area (Å²) in [6, 6.07) is 0.928. The highest BCUT2D eigenvalue weighted by Crippen LogP contribution is 2.31. The molecule has 0 aromatic carbocycles. The molecule has 0 atom stereocenters. The molecule has 3 heterocycles. The van der Waals surface area contributed by atoms with Crippen LogP contribution in [0.4, 0.5) is 13.2 Å². The van der Waals surface area contributed by atoms with E-state index >= 15 is 0 Å². The number of alkyl halides is 3. The highest BCUT2D eigenvalue weighted by molar-refractivity contribution is 7.19. The van der Waals surface area contributed by atoms with Crippen molar-refractivity contribution in [2.24, 2.45) is 0 Å². The van der Waals surface area contributed by atoms with Crippen molar-refractivity contribution in [3.05, 3.63) is 17.6 Å². The molecule has 0 amide bonds. The van der Waals surface area contributed by atoms with Gasteiger partial charge in [0.05, 0.1) is 0 Å². The van der Waals surface area contributed by atoms with Gasteiger partial charge >= 0.3 is 6.18 Å². The molecule has 0 spiro atoms. The largest absolute Gasteiger partial charge is 0.432 e. The molecule has 0 fully saturated rings. The number of rotatable bonds is 2. The van der Waals surface area contributed by atoms with E-state index in [1.165, 1.54) is 4.52 Å². The Morgan fingerprint density at radius 1 is 1.37 bits per heavy atom. The SMILES string of the molecule is CCc1nnc2sc(-c3cc(C(F)(F)F)[nH]n3)nn12. The molecule has 0 saturated carbocycles. The molecular weight excluding hydrogens is 281 g/mol. The summed E-state index contributed by atoms with van der Waals surface area (Å²) in [6.45, 7) is 1.89. The fourth-order valence-corrected chi connectivity index (χ4v) is 2.38. The van der Waals surface area contributed by atoms with Gasteiger partial charge < -0.3 is 0 Å². The predicted octanol–water partition coefficient (Wildman–Crippen LogP) is 2.16. The van der Waals surface area contributed by atoms with Crippen LogP contribution in [0, 0.1) is 0 Å². The van der Waals surface area contributed by atoms with Gasteiger partial charge in [-0.05, 0) is 6.07 Å². The summed E-state index contributed by atoms with van der Waals surface area (Å²) in [5.74, 6) is 0.657. The van der Waals surface area contributed by atoms with E-state index in [2.05, 4.69) is 20.4 Å². The number of hydrogen-bond acceptors (Lipinski definition) is 5. The number of nitrogens with one attached hydrogen (secondary N) is 1. The lowest BCUT2D eigenvalue weighted by molar-refractivity contribution is -0.141. The first kappa shape index (κ1) is 12.1. The second-order valence-electron chi connectivity index (χ2n) is 3.74. The van der Waals surface area contributed by atoms with Crippen LogP contribution in [0.15, 0.2) is 6.07 Å². The molecule has 0 aliphatic carbocycles. The van der Waals surface area contributed by atoms with Crippen LogP contribution in [0.1, 0.15) is 18.4 Å². The molecule has 0 bridgehead atoms. The summed E-state index contributed by atoms with van der Waals surface area (Å²) in [7, 11) is 0. The van der Waals surface area contributed by atoms with Crippen molar-refractivity contribution in [3.63, 3.8) is 0 Å². The van der Waals surface area contributed by atoms with Crippen LogP contribution in [-0.2, 0) is 12.6 Å². The standard InChI is InChI=1S/C9H7F3N6S/c1-2-6-15-16-8-18(6)17-7(19-8)4-3-5(14-13-4)9(10,11)12/h3H,2H2,1H3,(H,13,14). The van der Waals surface area contributed by atoms with Gasteiger partial charge in [0.1, 0.15) is 11.4 Å². The Morgan fingerprint density at radius 2 is 2.16 bits per heavy atom. The molecule has 0 aliphatic rings. The third kappa shape index (κ3) is 1.97. The first-order chi connectivity index (χ1) is 8.99. The normalized spacial score (nSPS) is 12.4. The van der Waals surface area contributed by atoms with Gasteiger partial charge in [0.2, 0.25) is 4.96 Å². The average molecular weight is 288 g/mol. The fraction of sp³-hybridized carbons (Fsp3) is 0.333. The first-order valence-corrected chi connectivity index (χ1v) is 6.14. The van der Waals surface area contributed by atoms with E-state index in [4.69, 9.17) is 0 Å². The van der Waals surface area contributed by atoms with Gasteiger partial charge in [-0.25, -0.2) is 0 Å². The smallest absolute Gasteiger partial charge is 0.273 e. The van der Waals surface area contributed by atoms with Gasteiger partial charge in [0.25, 0.3) is 0 Å². The molecule has 0 radical (unpaired) electrons. The van der Waals surface area contributed by atoms with Crippen LogP contribution >= 0.6 is 11.3 Å². The summed E-state index contributed by atoms with van der Waals surface area (Å²) in [5, 5.41) is 17.9. The van der Waals surface area contributed by atoms with E-state index in [-0.39, 0.29) is 5.69 Å². The van der Waals surface area contributed by atoms with E-state index in [0.717, 1.165) is 17.4 Å². The van der Waals surface area contributed by atoms with E-state index in [1.54, 1.807) is 0 Å². The molecule has 10 heteroatoms. The van der Waals surface area contributed by atoms with Crippen molar-refractivity contribution in [3.8, 4) is 10.7 Å². The maximum Gasteiger partial charge on any atom is 0.432 e. The number of nitrogens with zero attached hydrogens (tertiary/aromatic N) is 5. The molecule has 19 heavy (non-hydrogen) atoms. The Labute approximate surface area is 108 Å². The van der Waals surface area contributed by atoms with Crippen molar-refractivity contribution in [1.82, 2.24) is 30.0 Å². The Kier molecular flexibility index (Phi) is 2.55. The molecule has 100 valence electrons. The second-order valence-corrected chi connectivity index (χ2v) is 4.69. The Balaban J connectivity index is 2.04. The lowest BCUT2D eigenvalue weighted by Crippen LogP contribution is -2.04. The van der Waals surface area contributed by atoms with Crippen LogP contribution in [0.25, 0.3) is 15.7 Å². The molecule has 3 aromatic rings. The molecule has 3 rings (SSSR count). The minimum atomic E-state index is -4.45. The van der Waals surface area contributed by atoms with Crippen LogP contribution in [0.2, 0.25) is 0 Å². The average Bonchev–Trinajstić information content (AvgIpc) is 3.02. The quantitative estimate of drug-likeness (QED) is 0.784. The predicted molar refractivity (Wildman–Crippen MR) is 60.6 cm³/mol. The third-order valence-electron chi connectivity index (χ3n) is 2.47. The van der Waals surface area contributed by atoms with Crippen molar-refractivity contribution < 1.29 is 13.2 Å². The lowest BCUT2D eigenvalue weighted by atomic mass is 10.3. The van der Waals surface area contributed by atoms with Crippen molar-refractivity contribution in [2.45, 2.75) is 19.5 Å². The summed E-state index contributed by atoms with van der Waals surface area (Å²) in [6.07, 6.45) is -3.81. The zero-order chi connectivity index (χ0) is 13.6. The van der Waals surface area contributed by atoms with E-state index in [1.807, 2.05) is 12.0 Å². The van der Waals surface area contributed by atoms with Crippen LogP contribution in [-0.4, -0.2) is 30.0 Å². The summed E-state index contributed by atoms with van der Waals surface area (Å²) in [4.78, 5) is 0.531. The van der Waals surface area contributed by atoms with Crippen molar-refractivity contribution in [2.75, 3.05) is 0 Å². The number of hydrogen-bond donors (Lipinski definition) is 1. The Hall–Kier alpha value is -1.97. The summed E-state index contributed by atoms with van der Waals surface area (Å²) in [5.41, 5.74) is -0.756. The maximum absolute atomic E-state index is 12.5. The molecule has 6 nitrogen and oxygen atoms in total. The zero-order valence-electron chi connectivity index (χ0n) is 9.56. The topological polar surface area (TPSA) is 71.8 Å². The second kappa shape index (κ2) is 4.02. The van der Waals surface area contributed by atoms with Gasteiger partial charge in [-0.3, -0.25) is 5.10 Å². The third-order valence-corrected chi connectivity index (χ3v) is 3.40. The number of aromatic nitrogens is 6. The van der Waals surface area contributed by atoms with Gasteiger partial charge in [0.15, 0.2) is 10.8 Å². The molecular formula is C9H7F3N6S. The van der Waals surface area contributed by atoms with Gasteiger partial charge in [0, 0.05) is 6.42 Å². The minimum Gasteiger partial charge on any atom is -0.273 e. The molecule has 1 N–H and O–H groups in total. The number of H-pyrrole nitrogens is 1. The molecule has 0 unspecified atom stereocenters. The van der Waals surface area contributed by atoms with Crippen LogP contribution in [0.5, 0.6) is 0 Å². The van der Waals surface area contributed by atoms with E-state index in [9.17, 15) is 13.2 Å². The lowest BCUT2D eigenvalue weighted by Gasteiger charge is -1.99. The number of halogens is 3. The van der Waals surface area contributed by atoms with Crippen molar-refractivity contribution in [1.29, 1.82) is 0 Å². The van der Waals surface area contributed by atoms with Crippen LogP contribution < -0.4 is 0 Å². The number of aromatic amines is 1. The van der Waals surface area contributed by atoms with Crippen LogP contribution in [0.3, 0.4) is 0 Å². The Morgan fingerprint density at radius 3 is 2.79 bits per heavy atom. The molecule has 3 aromatic heterocycles. The van der Waals surface area contributed by atoms with Crippen molar-refractivity contribution >= 4 is 16.3 Å². The minimum absolute atomic E-state index is 0.143. The summed E-state index contributed by atoms with van der Waals surface area (Å²) >= 11 is 1.14. The fourth-order valence-electron chi connectivity index (χ4n) is 1.56. The van der Waals surface area contributed by atoms with Gasteiger partial charge in [-0.2, -0.15) is 27.9 Å². The Bertz CT molecular complexity index is 724. The number of aryl methyl sites for hydroxylation is 1. The maximum atomic E-state index is 12.5. The zero-order valence-corrected chi connectivity index (χ0v) is 10.4. The monoisotopic (exact) mass is 288 g/mol.